The number of halogens is 1. The monoisotopic (exact) mass is 479 g/mol. The van der Waals surface area contributed by atoms with E-state index in [1.807, 2.05) is 49.6 Å². The molecule has 1 unspecified atom stereocenters. The topological polar surface area (TPSA) is 80.6 Å². The molecule has 3 amide bonds. The minimum absolute atomic E-state index is 0.316. The summed E-state index contributed by atoms with van der Waals surface area (Å²) in [7, 11) is 0. The molecule has 1 aliphatic heterocycles. The molecule has 1 N–H and O–H groups in total. The van der Waals surface area contributed by atoms with Crippen molar-refractivity contribution >= 4 is 29.3 Å². The van der Waals surface area contributed by atoms with Gasteiger partial charge in [0.25, 0.3) is 5.91 Å². The molecule has 0 aliphatic carbocycles. The molecular weight excluding hydrogens is 454 g/mol. The molecule has 1 aromatic heterocycles. The van der Waals surface area contributed by atoms with Gasteiger partial charge in [0.2, 0.25) is 0 Å². The number of hydrogen-bond acceptors (Lipinski definition) is 4. The van der Waals surface area contributed by atoms with Gasteiger partial charge in [-0.3, -0.25) is 14.5 Å². The average Bonchev–Trinajstić information content (AvgIpc) is 3.22. The molecule has 1 saturated heterocycles. The van der Waals surface area contributed by atoms with Crippen LogP contribution >= 0.6 is 11.6 Å². The summed E-state index contributed by atoms with van der Waals surface area (Å²) in [5.41, 5.74) is 2.22. The van der Waals surface area contributed by atoms with Crippen molar-refractivity contribution in [3.8, 4) is 11.4 Å². The molecule has 176 valence electrons. The Morgan fingerprint density at radius 3 is 2.44 bits per heavy atom. The average molecular weight is 480 g/mol. The van der Waals surface area contributed by atoms with Crippen molar-refractivity contribution in [1.29, 1.82) is 0 Å². The van der Waals surface area contributed by atoms with E-state index in [4.69, 9.17) is 16.3 Å². The van der Waals surface area contributed by atoms with E-state index in [9.17, 15) is 14.4 Å². The van der Waals surface area contributed by atoms with Gasteiger partial charge in [-0.2, -0.15) is 0 Å². The van der Waals surface area contributed by atoms with Crippen LogP contribution in [0.4, 0.5) is 4.79 Å². The van der Waals surface area contributed by atoms with E-state index in [-0.39, 0.29) is 12.3 Å². The van der Waals surface area contributed by atoms with Gasteiger partial charge in [0.1, 0.15) is 11.3 Å². The highest BCUT2D eigenvalue weighted by Crippen LogP contribution is 2.31. The van der Waals surface area contributed by atoms with Crippen LogP contribution in [0.3, 0.4) is 0 Å². The van der Waals surface area contributed by atoms with E-state index in [0.29, 0.717) is 22.8 Å². The second kappa shape index (κ2) is 8.99. The number of aromatic nitrogens is 1. The predicted octanol–water partition coefficient (Wildman–Crippen LogP) is 4.80. The molecule has 0 spiro atoms. The van der Waals surface area contributed by atoms with Crippen molar-refractivity contribution in [3.05, 3.63) is 82.1 Å². The molecule has 1 aliphatic rings. The first-order valence-corrected chi connectivity index (χ1v) is 11.4. The lowest BCUT2D eigenvalue weighted by Crippen LogP contribution is -2.41. The molecule has 2 heterocycles. The third kappa shape index (κ3) is 4.07. The fourth-order valence-corrected chi connectivity index (χ4v) is 4.56. The molecule has 0 radical (unpaired) electrons. The van der Waals surface area contributed by atoms with Gasteiger partial charge in [-0.1, -0.05) is 23.7 Å². The number of nitrogens with one attached hydrogen (secondary N) is 1. The normalized spacial score (nSPS) is 17.7. The molecule has 8 heteroatoms. The zero-order valence-corrected chi connectivity index (χ0v) is 20.3. The number of nitrogens with zero attached hydrogens (tertiary/aromatic N) is 2. The fourth-order valence-electron chi connectivity index (χ4n) is 4.36. The summed E-state index contributed by atoms with van der Waals surface area (Å²) in [5.74, 6) is -0.0381. The molecule has 0 saturated carbocycles. The molecule has 34 heavy (non-hydrogen) atoms. The summed E-state index contributed by atoms with van der Waals surface area (Å²) in [5, 5.41) is 3.17. The summed E-state index contributed by atoms with van der Waals surface area (Å²) in [6.45, 7) is 7.52. The van der Waals surface area contributed by atoms with Crippen LogP contribution in [0.5, 0.6) is 5.75 Å². The predicted molar refractivity (Wildman–Crippen MR) is 130 cm³/mol. The van der Waals surface area contributed by atoms with Crippen LogP contribution in [0.15, 0.2) is 54.6 Å². The Balaban J connectivity index is 1.58. The number of carbonyl (C=O) groups is 3. The molecule has 1 atom stereocenters. The summed E-state index contributed by atoms with van der Waals surface area (Å²) in [6.07, 6.45) is 0. The number of aryl methyl sites for hydroxylation is 1. The van der Waals surface area contributed by atoms with Gasteiger partial charge in [0, 0.05) is 27.7 Å². The summed E-state index contributed by atoms with van der Waals surface area (Å²) in [6, 6.07) is 15.5. The maximum absolute atomic E-state index is 13.2. The Kier molecular flexibility index (Phi) is 6.23. The summed E-state index contributed by atoms with van der Waals surface area (Å²) < 4.78 is 7.47. The van der Waals surface area contributed by atoms with Crippen LogP contribution in [-0.2, 0) is 10.3 Å². The Hall–Kier alpha value is -3.58. The first-order chi connectivity index (χ1) is 16.2. The second-order valence-electron chi connectivity index (χ2n) is 8.43. The minimum atomic E-state index is -1.29. The number of ketones is 1. The van der Waals surface area contributed by atoms with Crippen LogP contribution in [0.2, 0.25) is 5.02 Å². The standard InChI is InChI=1S/C26H26ClN3O4/c1-5-34-21-11-9-20(10-12-21)30-16(2)13-22(17(30)3)23(31)15-29-24(32)26(4,28-25(29)33)18-7-6-8-19(27)14-18/h6-14H,5,15H2,1-4H3,(H,28,33). The Labute approximate surface area is 203 Å². The molecule has 3 aromatic rings. The maximum Gasteiger partial charge on any atom is 0.325 e. The largest absolute Gasteiger partial charge is 0.494 e. The number of rotatable bonds is 7. The highest BCUT2D eigenvalue weighted by Gasteiger charge is 2.49. The van der Waals surface area contributed by atoms with Gasteiger partial charge in [0.05, 0.1) is 13.2 Å². The number of Topliss-reactive ketones (excluding diaryl/α,β-unsaturated/α-hetero) is 1. The maximum atomic E-state index is 13.2. The van der Waals surface area contributed by atoms with E-state index in [2.05, 4.69) is 5.32 Å². The van der Waals surface area contributed by atoms with Crippen molar-refractivity contribution in [2.75, 3.05) is 13.2 Å². The highest BCUT2D eigenvalue weighted by molar-refractivity contribution is 6.30. The second-order valence-corrected chi connectivity index (χ2v) is 8.86. The number of hydrogen-bond donors (Lipinski definition) is 1. The lowest BCUT2D eigenvalue weighted by molar-refractivity contribution is -0.130. The minimum Gasteiger partial charge on any atom is -0.494 e. The van der Waals surface area contributed by atoms with Crippen LogP contribution < -0.4 is 10.1 Å². The number of ether oxygens (including phenoxy) is 1. The number of amides is 3. The van der Waals surface area contributed by atoms with Gasteiger partial charge in [-0.15, -0.1) is 0 Å². The molecule has 0 bridgehead atoms. The Morgan fingerprint density at radius 1 is 1.09 bits per heavy atom. The Bertz CT molecular complexity index is 1280. The zero-order chi connectivity index (χ0) is 24.6. The van der Waals surface area contributed by atoms with Crippen LogP contribution in [0, 0.1) is 13.8 Å². The van der Waals surface area contributed by atoms with Crippen LogP contribution in [0.25, 0.3) is 5.69 Å². The smallest absolute Gasteiger partial charge is 0.325 e. The highest BCUT2D eigenvalue weighted by atomic mass is 35.5. The van der Waals surface area contributed by atoms with Crippen LogP contribution in [0.1, 0.15) is 41.2 Å². The first-order valence-electron chi connectivity index (χ1n) is 11.0. The molecule has 2 aromatic carbocycles. The summed E-state index contributed by atoms with van der Waals surface area (Å²) >= 11 is 6.08. The van der Waals surface area contributed by atoms with E-state index in [1.165, 1.54) is 0 Å². The molecule has 4 rings (SSSR count). The molecule has 1 fully saturated rings. The summed E-state index contributed by atoms with van der Waals surface area (Å²) in [4.78, 5) is 40.1. The zero-order valence-electron chi connectivity index (χ0n) is 19.5. The third-order valence-corrected chi connectivity index (χ3v) is 6.35. The van der Waals surface area contributed by atoms with E-state index >= 15 is 0 Å². The van der Waals surface area contributed by atoms with Crippen molar-refractivity contribution in [2.45, 2.75) is 33.2 Å². The quantitative estimate of drug-likeness (QED) is 0.390. The number of carbonyl (C=O) groups excluding carboxylic acids is 3. The number of imide groups is 1. The van der Waals surface area contributed by atoms with E-state index in [1.54, 1.807) is 37.3 Å². The van der Waals surface area contributed by atoms with Crippen molar-refractivity contribution in [3.63, 3.8) is 0 Å². The van der Waals surface area contributed by atoms with Gasteiger partial charge in [0.15, 0.2) is 5.78 Å². The SMILES string of the molecule is CCOc1ccc(-n2c(C)cc(C(=O)CN3C(=O)NC(C)(c4cccc(Cl)c4)C3=O)c2C)cc1. The van der Waals surface area contributed by atoms with Crippen LogP contribution in [-0.4, -0.2) is 40.3 Å². The van der Waals surface area contributed by atoms with E-state index < -0.39 is 17.5 Å². The third-order valence-electron chi connectivity index (χ3n) is 6.12. The number of benzene rings is 2. The van der Waals surface area contributed by atoms with Crippen molar-refractivity contribution in [1.82, 2.24) is 14.8 Å². The van der Waals surface area contributed by atoms with Gasteiger partial charge >= 0.3 is 6.03 Å². The molecular formula is C26H26ClN3O4. The fraction of sp³-hybridized carbons (Fsp3) is 0.269. The van der Waals surface area contributed by atoms with Gasteiger partial charge in [-0.25, -0.2) is 4.79 Å². The van der Waals surface area contributed by atoms with Crippen molar-refractivity contribution < 1.29 is 19.1 Å². The molecule has 7 nitrogen and oxygen atoms in total. The lowest BCUT2D eigenvalue weighted by Gasteiger charge is -2.22. The first kappa shape index (κ1) is 23.6. The van der Waals surface area contributed by atoms with Gasteiger partial charge < -0.3 is 14.6 Å². The van der Waals surface area contributed by atoms with Crippen molar-refractivity contribution in [2.24, 2.45) is 0 Å². The van der Waals surface area contributed by atoms with Gasteiger partial charge in [-0.05, 0) is 75.7 Å². The Morgan fingerprint density at radius 2 is 1.79 bits per heavy atom. The van der Waals surface area contributed by atoms with E-state index in [0.717, 1.165) is 27.7 Å². The number of urea groups is 1. The lowest BCUT2D eigenvalue weighted by atomic mass is 9.92.